The van der Waals surface area contributed by atoms with Crippen LogP contribution in [0.3, 0.4) is 0 Å². The largest absolute Gasteiger partial charge is 0.290 e. The van der Waals surface area contributed by atoms with Crippen LogP contribution in [-0.2, 0) is 0 Å². The van der Waals surface area contributed by atoms with Crippen molar-refractivity contribution in [1.29, 1.82) is 0 Å². The average Bonchev–Trinajstić information content (AvgIpc) is 2.66. The molecule has 1 atom stereocenters. The lowest BCUT2D eigenvalue weighted by Crippen LogP contribution is -2.46. The Morgan fingerprint density at radius 1 is 0.731 bits per heavy atom. The maximum Gasteiger partial charge on any atom is 0.132 e. The molecule has 1 heteroatoms. The van der Waals surface area contributed by atoms with Crippen molar-refractivity contribution in [2.75, 3.05) is 20.1 Å². The van der Waals surface area contributed by atoms with Crippen molar-refractivity contribution in [3.63, 3.8) is 0 Å². The first kappa shape index (κ1) is 23.0. The van der Waals surface area contributed by atoms with Crippen LogP contribution >= 0.6 is 0 Å². The molecule has 0 saturated heterocycles. The van der Waals surface area contributed by atoms with Crippen LogP contribution in [0.1, 0.15) is 90.4 Å². The quantitative estimate of drug-likeness (QED) is 0.151. The van der Waals surface area contributed by atoms with Crippen molar-refractivity contribution in [2.24, 2.45) is 0 Å². The SMILES string of the molecule is C=CC[N+](C)(CCCCCCCCCCCCCCC)c1ccccc1. The summed E-state index contributed by atoms with van der Waals surface area (Å²) in [5.41, 5.74) is 1.41. The second kappa shape index (κ2) is 15.0. The molecule has 0 aliphatic rings. The summed E-state index contributed by atoms with van der Waals surface area (Å²) in [6, 6.07) is 10.9. The predicted molar refractivity (Wildman–Crippen MR) is 120 cm³/mol. The fourth-order valence-electron chi connectivity index (χ4n) is 3.88. The number of hydrogen-bond donors (Lipinski definition) is 0. The second-order valence-electron chi connectivity index (χ2n) is 8.17. The zero-order valence-corrected chi connectivity index (χ0v) is 17.7. The van der Waals surface area contributed by atoms with Gasteiger partial charge in [-0.05, 0) is 31.1 Å². The molecule has 0 saturated carbocycles. The number of hydrogen-bond acceptors (Lipinski definition) is 0. The van der Waals surface area contributed by atoms with Gasteiger partial charge in [-0.15, -0.1) is 0 Å². The normalized spacial score (nSPS) is 13.5. The summed E-state index contributed by atoms with van der Waals surface area (Å²) in [6.07, 6.45) is 20.5. The molecule has 0 aliphatic heterocycles. The Bertz CT molecular complexity index is 439. The summed E-state index contributed by atoms with van der Waals surface area (Å²) < 4.78 is 0.988. The molecule has 0 fully saturated rings. The zero-order chi connectivity index (χ0) is 18.9. The summed E-state index contributed by atoms with van der Waals surface area (Å²) in [6.45, 7) is 8.49. The number of likely N-dealkylation sites (N-methyl/N-ethyl adjacent to an activating group) is 1. The van der Waals surface area contributed by atoms with Gasteiger partial charge in [0, 0.05) is 0 Å². The molecule has 148 valence electrons. The standard InChI is InChI=1S/C25H44N/c1-4-6-7-8-9-10-11-12-13-14-15-16-20-24-26(3,23-5-2)25-21-18-17-19-22-25/h5,17-19,21-22H,2,4,6-16,20,23-24H2,1,3H3/q+1. The number of benzene rings is 1. The lowest BCUT2D eigenvalue weighted by Gasteiger charge is -2.33. The second-order valence-corrected chi connectivity index (χ2v) is 8.17. The molecule has 1 aromatic rings. The number of nitrogens with zero attached hydrogens (tertiary/aromatic N) is 1. The van der Waals surface area contributed by atoms with Gasteiger partial charge in [0.05, 0.1) is 13.6 Å². The minimum atomic E-state index is 0.988. The molecule has 26 heavy (non-hydrogen) atoms. The minimum absolute atomic E-state index is 0.988. The third kappa shape index (κ3) is 10.2. The first-order chi connectivity index (χ1) is 12.7. The highest BCUT2D eigenvalue weighted by Gasteiger charge is 2.22. The van der Waals surface area contributed by atoms with Gasteiger partial charge in [0.2, 0.25) is 0 Å². The highest BCUT2D eigenvalue weighted by atomic mass is 15.3. The zero-order valence-electron chi connectivity index (χ0n) is 17.7. The van der Waals surface area contributed by atoms with E-state index >= 15 is 0 Å². The lowest BCUT2D eigenvalue weighted by molar-refractivity contribution is 0.349. The maximum absolute atomic E-state index is 3.97. The monoisotopic (exact) mass is 358 g/mol. The molecule has 0 aliphatic carbocycles. The van der Waals surface area contributed by atoms with Crippen LogP contribution in [0.5, 0.6) is 0 Å². The van der Waals surface area contributed by atoms with Crippen molar-refractivity contribution < 1.29 is 0 Å². The Morgan fingerprint density at radius 3 is 1.65 bits per heavy atom. The molecular formula is C25H44N+. The van der Waals surface area contributed by atoms with E-state index in [0.717, 1.165) is 11.0 Å². The Balaban J connectivity index is 2.04. The van der Waals surface area contributed by atoms with E-state index in [1.54, 1.807) is 0 Å². The number of rotatable bonds is 17. The van der Waals surface area contributed by atoms with Crippen LogP contribution in [0.15, 0.2) is 43.0 Å². The van der Waals surface area contributed by atoms with Crippen LogP contribution < -0.4 is 4.48 Å². The van der Waals surface area contributed by atoms with E-state index in [0.29, 0.717) is 0 Å². The van der Waals surface area contributed by atoms with Gasteiger partial charge < -0.3 is 0 Å². The van der Waals surface area contributed by atoms with E-state index in [4.69, 9.17) is 0 Å². The summed E-state index contributed by atoms with van der Waals surface area (Å²) in [5.74, 6) is 0. The van der Waals surface area contributed by atoms with Gasteiger partial charge in [0.25, 0.3) is 0 Å². The Morgan fingerprint density at radius 2 is 1.19 bits per heavy atom. The molecule has 0 bridgehead atoms. The molecule has 0 aromatic heterocycles. The molecule has 0 N–H and O–H groups in total. The average molecular weight is 359 g/mol. The molecule has 0 heterocycles. The first-order valence-corrected chi connectivity index (χ1v) is 11.2. The smallest absolute Gasteiger partial charge is 0.132 e. The van der Waals surface area contributed by atoms with Gasteiger partial charge in [0.15, 0.2) is 0 Å². The molecular weight excluding hydrogens is 314 g/mol. The molecule has 0 amide bonds. The number of para-hydroxylation sites is 1. The number of unbranched alkanes of at least 4 members (excludes halogenated alkanes) is 12. The van der Waals surface area contributed by atoms with Crippen molar-refractivity contribution in [3.8, 4) is 0 Å². The molecule has 1 nitrogen and oxygen atoms in total. The van der Waals surface area contributed by atoms with Crippen LogP contribution in [0.2, 0.25) is 0 Å². The van der Waals surface area contributed by atoms with Crippen LogP contribution in [0, 0.1) is 0 Å². The molecule has 1 aromatic carbocycles. The highest BCUT2D eigenvalue weighted by Crippen LogP contribution is 2.22. The van der Waals surface area contributed by atoms with Crippen LogP contribution in [0.25, 0.3) is 0 Å². The van der Waals surface area contributed by atoms with Gasteiger partial charge in [-0.2, -0.15) is 0 Å². The topological polar surface area (TPSA) is 0 Å². The van der Waals surface area contributed by atoms with Crippen molar-refractivity contribution in [1.82, 2.24) is 4.48 Å². The van der Waals surface area contributed by atoms with Gasteiger partial charge in [-0.25, -0.2) is 0 Å². The third-order valence-corrected chi connectivity index (χ3v) is 5.67. The van der Waals surface area contributed by atoms with Gasteiger partial charge in [-0.3, -0.25) is 4.48 Å². The fourth-order valence-corrected chi connectivity index (χ4v) is 3.88. The van der Waals surface area contributed by atoms with Gasteiger partial charge in [0.1, 0.15) is 12.2 Å². The van der Waals surface area contributed by atoms with Crippen molar-refractivity contribution in [2.45, 2.75) is 90.4 Å². The fraction of sp³-hybridized carbons (Fsp3) is 0.680. The van der Waals surface area contributed by atoms with Crippen LogP contribution in [-0.4, -0.2) is 20.1 Å². The van der Waals surface area contributed by atoms with Gasteiger partial charge >= 0.3 is 0 Å². The minimum Gasteiger partial charge on any atom is -0.290 e. The molecule has 0 radical (unpaired) electrons. The Hall–Kier alpha value is -1.08. The Labute approximate surface area is 164 Å². The van der Waals surface area contributed by atoms with Crippen molar-refractivity contribution >= 4 is 5.69 Å². The van der Waals surface area contributed by atoms with Crippen LogP contribution in [0.4, 0.5) is 5.69 Å². The van der Waals surface area contributed by atoms with E-state index in [1.165, 1.54) is 95.7 Å². The summed E-state index contributed by atoms with van der Waals surface area (Å²) >= 11 is 0. The summed E-state index contributed by atoms with van der Waals surface area (Å²) in [5, 5.41) is 0. The molecule has 0 spiro atoms. The van der Waals surface area contributed by atoms with E-state index in [-0.39, 0.29) is 0 Å². The van der Waals surface area contributed by atoms with Gasteiger partial charge in [-0.1, -0.05) is 102 Å². The number of quaternary nitrogens is 1. The lowest BCUT2D eigenvalue weighted by atomic mass is 10.0. The summed E-state index contributed by atoms with van der Waals surface area (Å²) in [4.78, 5) is 0. The summed E-state index contributed by atoms with van der Waals surface area (Å²) in [7, 11) is 2.34. The third-order valence-electron chi connectivity index (χ3n) is 5.67. The van der Waals surface area contributed by atoms with Crippen molar-refractivity contribution in [3.05, 3.63) is 43.0 Å². The maximum atomic E-state index is 3.97. The van der Waals surface area contributed by atoms with E-state index < -0.39 is 0 Å². The van der Waals surface area contributed by atoms with E-state index in [2.05, 4.69) is 57.0 Å². The molecule has 1 rings (SSSR count). The predicted octanol–water partition coefficient (Wildman–Crippen LogP) is 7.90. The Kier molecular flexibility index (Phi) is 13.3. The molecule has 1 unspecified atom stereocenters. The van der Waals surface area contributed by atoms with E-state index in [9.17, 15) is 0 Å². The van der Waals surface area contributed by atoms with E-state index in [1.807, 2.05) is 0 Å². The first-order valence-electron chi connectivity index (χ1n) is 11.2. The highest BCUT2D eigenvalue weighted by molar-refractivity contribution is 5.42.